The summed E-state index contributed by atoms with van der Waals surface area (Å²) >= 11 is 0. The summed E-state index contributed by atoms with van der Waals surface area (Å²) < 4.78 is 31.9. The Hall–Kier alpha value is -1.68. The van der Waals surface area contributed by atoms with Gasteiger partial charge in [0.2, 0.25) is 0 Å². The molecule has 0 aliphatic heterocycles. The van der Waals surface area contributed by atoms with Gasteiger partial charge >= 0.3 is 0 Å². The Bertz CT molecular complexity index is 511. The van der Waals surface area contributed by atoms with Crippen molar-refractivity contribution in [2.75, 3.05) is 6.54 Å². The second-order valence-corrected chi connectivity index (χ2v) is 4.50. The first kappa shape index (κ1) is 13.7. The summed E-state index contributed by atoms with van der Waals surface area (Å²) in [5, 5.41) is 3.32. The fraction of sp³-hybridized carbons (Fsp3) is 0.333. The summed E-state index contributed by atoms with van der Waals surface area (Å²) in [5.74, 6) is -0.800. The molecule has 0 fully saturated rings. The minimum atomic E-state index is -0.419. The lowest BCUT2D eigenvalue weighted by molar-refractivity contribution is 0.498. The van der Waals surface area contributed by atoms with Crippen LogP contribution in [0, 0.1) is 11.6 Å². The molecule has 0 spiro atoms. The van der Waals surface area contributed by atoms with Crippen LogP contribution in [0.15, 0.2) is 41.2 Å². The lowest BCUT2D eigenvalue weighted by Crippen LogP contribution is -2.24. The summed E-state index contributed by atoms with van der Waals surface area (Å²) in [6, 6.07) is 5.30. The summed E-state index contributed by atoms with van der Waals surface area (Å²) in [5.41, 5.74) is 1.31. The average molecular weight is 265 g/mol. The molecule has 1 aromatic heterocycles. The standard InChI is InChI=1S/C15H17F2NO/c1-2-6-18-15(11-5-7-19-10-11)9-12-8-13(16)3-4-14(12)17/h3-5,7-8,10,15,18H,2,6,9H2,1H3. The van der Waals surface area contributed by atoms with Crippen molar-refractivity contribution >= 4 is 0 Å². The minimum absolute atomic E-state index is 0.0741. The number of hydrogen-bond acceptors (Lipinski definition) is 2. The second kappa shape index (κ2) is 6.48. The van der Waals surface area contributed by atoms with Crippen LogP contribution in [-0.4, -0.2) is 6.54 Å². The van der Waals surface area contributed by atoms with Crippen molar-refractivity contribution in [1.82, 2.24) is 5.32 Å². The minimum Gasteiger partial charge on any atom is -0.472 e. The average Bonchev–Trinajstić information content (AvgIpc) is 2.92. The fourth-order valence-electron chi connectivity index (χ4n) is 2.02. The van der Waals surface area contributed by atoms with Crippen LogP contribution < -0.4 is 5.32 Å². The van der Waals surface area contributed by atoms with E-state index in [9.17, 15) is 8.78 Å². The molecule has 102 valence electrons. The molecule has 0 saturated heterocycles. The zero-order valence-electron chi connectivity index (χ0n) is 10.8. The molecule has 0 bridgehead atoms. The molecule has 0 radical (unpaired) electrons. The van der Waals surface area contributed by atoms with E-state index in [2.05, 4.69) is 12.2 Å². The van der Waals surface area contributed by atoms with E-state index in [0.717, 1.165) is 30.7 Å². The van der Waals surface area contributed by atoms with Gasteiger partial charge in [0.25, 0.3) is 0 Å². The highest BCUT2D eigenvalue weighted by Crippen LogP contribution is 2.21. The van der Waals surface area contributed by atoms with Crippen molar-refractivity contribution in [2.45, 2.75) is 25.8 Å². The van der Waals surface area contributed by atoms with E-state index in [1.165, 1.54) is 6.07 Å². The Morgan fingerprint density at radius 2 is 2.11 bits per heavy atom. The third-order valence-corrected chi connectivity index (χ3v) is 3.02. The van der Waals surface area contributed by atoms with Gasteiger partial charge < -0.3 is 9.73 Å². The zero-order chi connectivity index (χ0) is 13.7. The Labute approximate surface area is 111 Å². The molecule has 1 N–H and O–H groups in total. The number of rotatable bonds is 6. The summed E-state index contributed by atoms with van der Waals surface area (Å²) in [4.78, 5) is 0. The normalized spacial score (nSPS) is 12.6. The molecule has 2 nitrogen and oxygen atoms in total. The topological polar surface area (TPSA) is 25.2 Å². The van der Waals surface area contributed by atoms with Crippen LogP contribution in [0.5, 0.6) is 0 Å². The molecule has 0 aliphatic carbocycles. The van der Waals surface area contributed by atoms with E-state index in [1.807, 2.05) is 6.07 Å². The molecule has 2 aromatic rings. The van der Waals surface area contributed by atoms with Crippen molar-refractivity contribution in [3.63, 3.8) is 0 Å². The van der Waals surface area contributed by atoms with Crippen LogP contribution >= 0.6 is 0 Å². The molecule has 1 aromatic carbocycles. The first-order valence-electron chi connectivity index (χ1n) is 6.40. The molecule has 4 heteroatoms. The van der Waals surface area contributed by atoms with E-state index >= 15 is 0 Å². The molecule has 0 amide bonds. The van der Waals surface area contributed by atoms with Crippen LogP contribution in [0.4, 0.5) is 8.78 Å². The van der Waals surface area contributed by atoms with Gasteiger partial charge in [-0.05, 0) is 49.2 Å². The van der Waals surface area contributed by atoms with E-state index < -0.39 is 5.82 Å². The van der Waals surface area contributed by atoms with Crippen molar-refractivity contribution in [2.24, 2.45) is 0 Å². The number of benzene rings is 1. The van der Waals surface area contributed by atoms with Crippen LogP contribution in [0.3, 0.4) is 0 Å². The van der Waals surface area contributed by atoms with Crippen LogP contribution in [0.1, 0.15) is 30.5 Å². The molecule has 0 aliphatic rings. The van der Waals surface area contributed by atoms with Crippen molar-refractivity contribution < 1.29 is 13.2 Å². The predicted octanol–water partition coefficient (Wildman–Crippen LogP) is 3.84. The largest absolute Gasteiger partial charge is 0.472 e. The van der Waals surface area contributed by atoms with Gasteiger partial charge in [-0.25, -0.2) is 8.78 Å². The predicted molar refractivity (Wildman–Crippen MR) is 69.8 cm³/mol. The lowest BCUT2D eigenvalue weighted by atomic mass is 10.0. The van der Waals surface area contributed by atoms with Gasteiger partial charge in [-0.3, -0.25) is 0 Å². The Morgan fingerprint density at radius 1 is 1.26 bits per heavy atom. The van der Waals surface area contributed by atoms with Crippen LogP contribution in [0.2, 0.25) is 0 Å². The zero-order valence-corrected chi connectivity index (χ0v) is 10.8. The van der Waals surface area contributed by atoms with E-state index in [1.54, 1.807) is 12.5 Å². The Morgan fingerprint density at radius 3 is 2.79 bits per heavy atom. The van der Waals surface area contributed by atoms with E-state index in [4.69, 9.17) is 4.42 Å². The molecule has 19 heavy (non-hydrogen) atoms. The van der Waals surface area contributed by atoms with Crippen molar-refractivity contribution in [3.05, 3.63) is 59.6 Å². The van der Waals surface area contributed by atoms with Crippen LogP contribution in [-0.2, 0) is 6.42 Å². The van der Waals surface area contributed by atoms with Gasteiger partial charge in [-0.2, -0.15) is 0 Å². The molecule has 0 saturated carbocycles. The molecule has 1 heterocycles. The maximum atomic E-state index is 13.7. The van der Waals surface area contributed by atoms with E-state index in [-0.39, 0.29) is 11.9 Å². The number of halogens is 2. The lowest BCUT2D eigenvalue weighted by Gasteiger charge is -2.17. The van der Waals surface area contributed by atoms with E-state index in [0.29, 0.717) is 12.0 Å². The fourth-order valence-corrected chi connectivity index (χ4v) is 2.02. The number of furan rings is 1. The Kier molecular flexibility index (Phi) is 4.68. The molecule has 1 atom stereocenters. The molecule has 1 unspecified atom stereocenters. The van der Waals surface area contributed by atoms with Crippen molar-refractivity contribution in [1.29, 1.82) is 0 Å². The van der Waals surface area contributed by atoms with Gasteiger partial charge in [0.15, 0.2) is 0 Å². The van der Waals surface area contributed by atoms with Gasteiger partial charge in [0, 0.05) is 11.6 Å². The highest BCUT2D eigenvalue weighted by Gasteiger charge is 2.15. The number of hydrogen-bond donors (Lipinski definition) is 1. The highest BCUT2D eigenvalue weighted by molar-refractivity contribution is 5.23. The third-order valence-electron chi connectivity index (χ3n) is 3.02. The third kappa shape index (κ3) is 3.64. The van der Waals surface area contributed by atoms with Gasteiger partial charge in [-0.1, -0.05) is 6.92 Å². The highest BCUT2D eigenvalue weighted by atomic mass is 19.1. The number of nitrogens with one attached hydrogen (secondary N) is 1. The quantitative estimate of drug-likeness (QED) is 0.858. The Balaban J connectivity index is 2.17. The maximum absolute atomic E-state index is 13.7. The molecular formula is C15H17F2NO. The van der Waals surface area contributed by atoms with Crippen molar-refractivity contribution in [3.8, 4) is 0 Å². The van der Waals surface area contributed by atoms with Gasteiger partial charge in [0.05, 0.1) is 12.5 Å². The second-order valence-electron chi connectivity index (χ2n) is 4.50. The summed E-state index contributed by atoms with van der Waals surface area (Å²) in [6.45, 7) is 2.87. The first-order chi connectivity index (χ1) is 9.20. The molecule has 2 rings (SSSR count). The smallest absolute Gasteiger partial charge is 0.126 e. The van der Waals surface area contributed by atoms with Gasteiger partial charge in [0.1, 0.15) is 11.6 Å². The molecular weight excluding hydrogens is 248 g/mol. The maximum Gasteiger partial charge on any atom is 0.126 e. The SMILES string of the molecule is CCCNC(Cc1cc(F)ccc1F)c1ccoc1. The monoisotopic (exact) mass is 265 g/mol. The first-order valence-corrected chi connectivity index (χ1v) is 6.40. The summed E-state index contributed by atoms with van der Waals surface area (Å²) in [7, 11) is 0. The van der Waals surface area contributed by atoms with Crippen LogP contribution in [0.25, 0.3) is 0 Å². The summed E-state index contributed by atoms with van der Waals surface area (Å²) in [6.07, 6.45) is 4.57. The van der Waals surface area contributed by atoms with Gasteiger partial charge in [-0.15, -0.1) is 0 Å².